The highest BCUT2D eigenvalue weighted by Crippen LogP contribution is 1.98. The third-order valence-corrected chi connectivity index (χ3v) is 1.25. The maximum atomic E-state index is 8.76. The molecule has 0 rings (SSSR count). The van der Waals surface area contributed by atoms with Crippen molar-refractivity contribution in [3.8, 4) is 0 Å². The fourth-order valence-corrected chi connectivity index (χ4v) is 0.519. The summed E-state index contributed by atoms with van der Waals surface area (Å²) in [5.74, 6) is 0. The fraction of sp³-hybridized carbons (Fsp3) is 1.00. The summed E-state index contributed by atoms with van der Waals surface area (Å²) in [7, 11) is 0. The lowest BCUT2D eigenvalue weighted by molar-refractivity contribution is -0.742. The van der Waals surface area contributed by atoms with E-state index < -0.39 is 5.09 Å². The molecule has 0 aliphatic carbocycles. The normalized spacial score (nSPS) is 10.2. The second-order valence-electron chi connectivity index (χ2n) is 3.21. The largest absolute Gasteiger partial charge is 0.394 e. The summed E-state index contributed by atoms with van der Waals surface area (Å²) < 4.78 is 0. The maximum Gasteiger partial charge on any atom is 0.291 e. The highest BCUT2D eigenvalue weighted by atomic mass is 16.9. The third kappa shape index (κ3) is 18.2. The molecule has 0 atom stereocenters. The molecule has 0 saturated heterocycles. The van der Waals surface area contributed by atoms with Crippen molar-refractivity contribution in [3.05, 3.63) is 10.1 Å². The molecule has 3 N–H and O–H groups in total. The van der Waals surface area contributed by atoms with E-state index in [4.69, 9.17) is 20.4 Å². The molecule has 0 aromatic rings. The van der Waals surface area contributed by atoms with Gasteiger partial charge < -0.3 is 15.6 Å². The maximum absolute atomic E-state index is 8.76. The molecule has 13 heavy (non-hydrogen) atoms. The number of aliphatic hydroxyl groups is 1. The first kappa shape index (κ1) is 14.6. The summed E-state index contributed by atoms with van der Waals surface area (Å²) in [5.41, 5.74) is -0.101. The fourth-order valence-electron chi connectivity index (χ4n) is 0.519. The van der Waals surface area contributed by atoms with Gasteiger partial charge in [0, 0.05) is 5.54 Å². The van der Waals surface area contributed by atoms with Gasteiger partial charge in [0.15, 0.2) is 0 Å². The molecule has 80 valence electrons. The Hall–Kier alpha value is -0.880. The van der Waals surface area contributed by atoms with Crippen LogP contribution in [-0.2, 0) is 0 Å². The minimum absolute atomic E-state index is 0.101. The smallest absolute Gasteiger partial charge is 0.291 e. The lowest BCUT2D eigenvalue weighted by Gasteiger charge is -2.22. The van der Waals surface area contributed by atoms with E-state index in [1.165, 1.54) is 0 Å². The zero-order chi connectivity index (χ0) is 10.9. The van der Waals surface area contributed by atoms with Crippen LogP contribution in [0.1, 0.15) is 27.2 Å². The van der Waals surface area contributed by atoms with Gasteiger partial charge in [0.05, 0.1) is 6.61 Å². The number of rotatable bonds is 4. The van der Waals surface area contributed by atoms with Crippen LogP contribution in [0.25, 0.3) is 0 Å². The molecule has 0 aliphatic heterocycles. The molecular weight excluding hydrogens is 176 g/mol. The monoisotopic (exact) mass is 194 g/mol. The summed E-state index contributed by atoms with van der Waals surface area (Å²) in [6.07, 6.45) is 1.11. The van der Waals surface area contributed by atoms with E-state index in [0.717, 1.165) is 13.0 Å². The third-order valence-electron chi connectivity index (χ3n) is 1.25. The molecule has 0 fully saturated rings. The van der Waals surface area contributed by atoms with E-state index in [9.17, 15) is 0 Å². The standard InChI is InChI=1S/C7H17NO.HNO3/c1-4-5-8-7(2,3)6-9;2-1(3)4/h8-9H,4-6H2,1-3H3;(H,2,3,4). The highest BCUT2D eigenvalue weighted by Gasteiger charge is 2.13. The van der Waals surface area contributed by atoms with Crippen LogP contribution in [0.5, 0.6) is 0 Å². The molecule has 0 saturated carbocycles. The van der Waals surface area contributed by atoms with Crippen molar-refractivity contribution < 1.29 is 15.4 Å². The van der Waals surface area contributed by atoms with E-state index in [0.29, 0.717) is 0 Å². The summed E-state index contributed by atoms with van der Waals surface area (Å²) in [6.45, 7) is 7.27. The van der Waals surface area contributed by atoms with Crippen LogP contribution >= 0.6 is 0 Å². The Morgan fingerprint density at radius 1 is 1.54 bits per heavy atom. The van der Waals surface area contributed by atoms with Crippen molar-refractivity contribution >= 4 is 0 Å². The van der Waals surface area contributed by atoms with Crippen molar-refractivity contribution in [2.24, 2.45) is 0 Å². The molecule has 0 aromatic carbocycles. The Kier molecular flexibility index (Phi) is 8.73. The molecular formula is C7H18N2O4. The molecule has 0 bridgehead atoms. The van der Waals surface area contributed by atoms with E-state index in [1.54, 1.807) is 0 Å². The van der Waals surface area contributed by atoms with Crippen molar-refractivity contribution in [2.45, 2.75) is 32.7 Å². The van der Waals surface area contributed by atoms with E-state index in [-0.39, 0.29) is 12.1 Å². The summed E-state index contributed by atoms with van der Waals surface area (Å²) in [5, 5.41) is 25.6. The van der Waals surface area contributed by atoms with Crippen LogP contribution in [0, 0.1) is 10.1 Å². The zero-order valence-corrected chi connectivity index (χ0v) is 8.28. The molecule has 0 unspecified atom stereocenters. The Balaban J connectivity index is 0. The van der Waals surface area contributed by atoms with Crippen molar-refractivity contribution in [2.75, 3.05) is 13.2 Å². The average molecular weight is 194 g/mol. The molecule has 0 amide bonds. The van der Waals surface area contributed by atoms with Crippen LogP contribution in [0.15, 0.2) is 0 Å². The van der Waals surface area contributed by atoms with Crippen molar-refractivity contribution in [1.82, 2.24) is 5.32 Å². The van der Waals surface area contributed by atoms with Gasteiger partial charge in [-0.25, -0.2) is 0 Å². The number of nitrogens with one attached hydrogen (secondary N) is 1. The quantitative estimate of drug-likeness (QED) is 0.445. The summed E-state index contributed by atoms with van der Waals surface area (Å²) in [4.78, 5) is 8.36. The Morgan fingerprint density at radius 2 is 1.92 bits per heavy atom. The lowest BCUT2D eigenvalue weighted by Crippen LogP contribution is -2.42. The van der Waals surface area contributed by atoms with Crippen molar-refractivity contribution in [3.63, 3.8) is 0 Å². The first-order chi connectivity index (χ1) is 5.85. The van der Waals surface area contributed by atoms with Crippen LogP contribution in [0.4, 0.5) is 0 Å². The molecule has 0 spiro atoms. The van der Waals surface area contributed by atoms with Gasteiger partial charge in [0.2, 0.25) is 0 Å². The van der Waals surface area contributed by atoms with E-state index in [2.05, 4.69) is 12.2 Å². The predicted octanol–water partition coefficient (Wildman–Crippen LogP) is 0.409. The first-order valence-electron chi connectivity index (χ1n) is 4.05. The second-order valence-corrected chi connectivity index (χ2v) is 3.21. The molecule has 0 radical (unpaired) electrons. The van der Waals surface area contributed by atoms with Crippen LogP contribution in [0.3, 0.4) is 0 Å². The molecule has 6 heteroatoms. The topological polar surface area (TPSA) is 95.6 Å². The Morgan fingerprint density at radius 3 is 2.15 bits per heavy atom. The molecule has 0 aliphatic rings. The molecule has 0 aromatic heterocycles. The number of nitrogens with zero attached hydrogens (tertiary/aromatic N) is 1. The molecule has 0 heterocycles. The van der Waals surface area contributed by atoms with Crippen molar-refractivity contribution in [1.29, 1.82) is 0 Å². The van der Waals surface area contributed by atoms with Gasteiger partial charge in [-0.3, -0.25) is 0 Å². The number of hydrogen-bond donors (Lipinski definition) is 3. The van der Waals surface area contributed by atoms with Crippen LogP contribution in [-0.4, -0.2) is 34.1 Å². The minimum atomic E-state index is -1.50. The van der Waals surface area contributed by atoms with Crippen LogP contribution in [0.2, 0.25) is 0 Å². The van der Waals surface area contributed by atoms with Crippen LogP contribution < -0.4 is 5.32 Å². The predicted molar refractivity (Wildman–Crippen MR) is 48.2 cm³/mol. The van der Waals surface area contributed by atoms with Gasteiger partial charge in [0.25, 0.3) is 5.09 Å². The average Bonchev–Trinajstić information content (AvgIpc) is 2.00. The minimum Gasteiger partial charge on any atom is -0.394 e. The van der Waals surface area contributed by atoms with E-state index >= 15 is 0 Å². The lowest BCUT2D eigenvalue weighted by atomic mass is 10.1. The van der Waals surface area contributed by atoms with Gasteiger partial charge in [-0.2, -0.15) is 0 Å². The van der Waals surface area contributed by atoms with Gasteiger partial charge in [-0.1, -0.05) is 6.92 Å². The Labute approximate surface area is 77.7 Å². The van der Waals surface area contributed by atoms with Gasteiger partial charge >= 0.3 is 0 Å². The van der Waals surface area contributed by atoms with Gasteiger partial charge in [0.1, 0.15) is 0 Å². The molecule has 6 nitrogen and oxygen atoms in total. The zero-order valence-electron chi connectivity index (χ0n) is 8.28. The highest BCUT2D eigenvalue weighted by molar-refractivity contribution is 4.74. The Bertz CT molecular complexity index is 134. The number of hydrogen-bond acceptors (Lipinski definition) is 4. The van der Waals surface area contributed by atoms with Gasteiger partial charge in [-0.15, -0.1) is 10.1 Å². The number of aliphatic hydroxyl groups excluding tert-OH is 1. The second kappa shape index (κ2) is 7.75. The summed E-state index contributed by atoms with van der Waals surface area (Å²) in [6, 6.07) is 0. The summed E-state index contributed by atoms with van der Waals surface area (Å²) >= 11 is 0. The van der Waals surface area contributed by atoms with E-state index in [1.807, 2.05) is 13.8 Å². The first-order valence-corrected chi connectivity index (χ1v) is 4.05. The SMILES string of the molecule is CCCNC(C)(C)CO.O=[N+]([O-])O. The van der Waals surface area contributed by atoms with Gasteiger partial charge in [-0.05, 0) is 26.8 Å².